The van der Waals surface area contributed by atoms with E-state index in [2.05, 4.69) is 11.2 Å². The molecule has 0 aliphatic rings. The number of hydrogen-bond acceptors (Lipinski definition) is 2. The van der Waals surface area contributed by atoms with Gasteiger partial charge < -0.3 is 5.73 Å². The molecule has 0 saturated carbocycles. The second kappa shape index (κ2) is 6.93. The molecule has 0 bridgehead atoms. The summed E-state index contributed by atoms with van der Waals surface area (Å²) in [6, 6.07) is 0. The van der Waals surface area contributed by atoms with Gasteiger partial charge in [0.25, 0.3) is 0 Å². The van der Waals surface area contributed by atoms with E-state index in [1.807, 2.05) is 18.7 Å². The van der Waals surface area contributed by atoms with E-state index in [9.17, 15) is 0 Å². The van der Waals surface area contributed by atoms with E-state index in [-0.39, 0.29) is 0 Å². The fraction of sp³-hybridized carbons (Fsp3) is 0.857. The molecule has 0 atom stereocenters. The predicted molar refractivity (Wildman–Crippen MR) is 49.8 cm³/mol. The van der Waals surface area contributed by atoms with E-state index in [1.165, 1.54) is 5.75 Å². The van der Waals surface area contributed by atoms with Crippen LogP contribution in [0.1, 0.15) is 19.8 Å². The van der Waals surface area contributed by atoms with Gasteiger partial charge in [0.15, 0.2) is 0 Å². The SMILES string of the molecule is CCC(N)=NCCCSC. The molecule has 0 aliphatic heterocycles. The molecule has 0 heterocycles. The Morgan fingerprint density at radius 2 is 2.30 bits per heavy atom. The van der Waals surface area contributed by atoms with Crippen LogP contribution in [-0.2, 0) is 0 Å². The minimum absolute atomic E-state index is 0.779. The average molecular weight is 160 g/mol. The van der Waals surface area contributed by atoms with Gasteiger partial charge in [-0.2, -0.15) is 11.8 Å². The van der Waals surface area contributed by atoms with Crippen LogP contribution in [0, 0.1) is 0 Å². The minimum Gasteiger partial charge on any atom is -0.387 e. The van der Waals surface area contributed by atoms with E-state index in [1.54, 1.807) is 0 Å². The molecule has 3 heteroatoms. The molecule has 60 valence electrons. The molecule has 0 fully saturated rings. The van der Waals surface area contributed by atoms with Crippen molar-refractivity contribution in [3.8, 4) is 0 Å². The first-order chi connectivity index (χ1) is 4.81. The number of hydrogen-bond donors (Lipinski definition) is 1. The van der Waals surface area contributed by atoms with Crippen LogP contribution < -0.4 is 5.73 Å². The van der Waals surface area contributed by atoms with Gasteiger partial charge in [0.2, 0.25) is 0 Å². The lowest BCUT2D eigenvalue weighted by Gasteiger charge is -1.95. The van der Waals surface area contributed by atoms with Gasteiger partial charge in [-0.25, -0.2) is 0 Å². The molecule has 0 aromatic carbocycles. The lowest BCUT2D eigenvalue weighted by molar-refractivity contribution is 0.934. The van der Waals surface area contributed by atoms with Gasteiger partial charge in [0.1, 0.15) is 0 Å². The Morgan fingerprint density at radius 1 is 1.60 bits per heavy atom. The summed E-state index contributed by atoms with van der Waals surface area (Å²) < 4.78 is 0. The normalized spacial score (nSPS) is 12.0. The Kier molecular flexibility index (Phi) is 6.81. The molecule has 0 saturated heterocycles. The third-order valence-electron chi connectivity index (χ3n) is 1.18. The van der Waals surface area contributed by atoms with Crippen LogP contribution in [0.2, 0.25) is 0 Å². The zero-order valence-corrected chi connectivity index (χ0v) is 7.58. The monoisotopic (exact) mass is 160 g/mol. The standard InChI is InChI=1S/C7H16N2S/c1-3-7(8)9-5-4-6-10-2/h3-6H2,1-2H3,(H2,8,9). The highest BCUT2D eigenvalue weighted by Crippen LogP contribution is 1.95. The Bertz CT molecular complexity index is 102. The van der Waals surface area contributed by atoms with E-state index in [0.29, 0.717) is 0 Å². The van der Waals surface area contributed by atoms with Crippen LogP contribution in [0.4, 0.5) is 0 Å². The molecule has 0 unspecified atom stereocenters. The quantitative estimate of drug-likeness (QED) is 0.376. The number of amidine groups is 1. The maximum atomic E-state index is 5.50. The van der Waals surface area contributed by atoms with Crippen molar-refractivity contribution in [3.63, 3.8) is 0 Å². The van der Waals surface area contributed by atoms with Crippen molar-refractivity contribution in [2.45, 2.75) is 19.8 Å². The summed E-state index contributed by atoms with van der Waals surface area (Å²) in [5, 5.41) is 0. The Labute approximate surface area is 67.3 Å². The molecule has 0 aliphatic carbocycles. The van der Waals surface area contributed by atoms with Crippen molar-refractivity contribution in [1.82, 2.24) is 0 Å². The molecular formula is C7H16N2S. The molecule has 0 aromatic rings. The van der Waals surface area contributed by atoms with Crippen molar-refractivity contribution in [2.24, 2.45) is 10.7 Å². The van der Waals surface area contributed by atoms with Gasteiger partial charge in [-0.15, -0.1) is 0 Å². The summed E-state index contributed by atoms with van der Waals surface area (Å²) in [4.78, 5) is 4.16. The van der Waals surface area contributed by atoms with Crippen LogP contribution in [-0.4, -0.2) is 24.4 Å². The summed E-state index contributed by atoms with van der Waals surface area (Å²) in [6.45, 7) is 2.91. The first kappa shape index (κ1) is 9.82. The van der Waals surface area contributed by atoms with Crippen LogP contribution in [0.15, 0.2) is 4.99 Å². The van der Waals surface area contributed by atoms with Crippen molar-refractivity contribution >= 4 is 17.6 Å². The van der Waals surface area contributed by atoms with Crippen LogP contribution in [0.3, 0.4) is 0 Å². The Balaban J connectivity index is 3.16. The predicted octanol–water partition coefficient (Wildman–Crippen LogP) is 1.51. The molecule has 0 spiro atoms. The van der Waals surface area contributed by atoms with Gasteiger partial charge >= 0.3 is 0 Å². The van der Waals surface area contributed by atoms with E-state index in [4.69, 9.17) is 5.73 Å². The van der Waals surface area contributed by atoms with Gasteiger partial charge in [0.05, 0.1) is 5.84 Å². The fourth-order valence-electron chi connectivity index (χ4n) is 0.543. The Morgan fingerprint density at radius 3 is 2.80 bits per heavy atom. The highest BCUT2D eigenvalue weighted by atomic mass is 32.2. The second-order valence-electron chi connectivity index (χ2n) is 2.07. The lowest BCUT2D eigenvalue weighted by Crippen LogP contribution is -2.10. The van der Waals surface area contributed by atoms with Gasteiger partial charge in [-0.05, 0) is 18.4 Å². The first-order valence-corrected chi connectivity index (χ1v) is 4.98. The molecular weight excluding hydrogens is 144 g/mol. The first-order valence-electron chi connectivity index (χ1n) is 3.59. The fourth-order valence-corrected chi connectivity index (χ4v) is 0.961. The van der Waals surface area contributed by atoms with Crippen molar-refractivity contribution in [3.05, 3.63) is 0 Å². The summed E-state index contributed by atoms with van der Waals surface area (Å²) >= 11 is 1.85. The Hall–Kier alpha value is -0.180. The molecule has 0 rings (SSSR count). The molecule has 2 nitrogen and oxygen atoms in total. The number of rotatable bonds is 5. The molecule has 0 aromatic heterocycles. The molecule has 10 heavy (non-hydrogen) atoms. The zero-order chi connectivity index (χ0) is 7.82. The van der Waals surface area contributed by atoms with Crippen molar-refractivity contribution < 1.29 is 0 Å². The lowest BCUT2D eigenvalue weighted by atomic mass is 10.4. The molecule has 0 amide bonds. The number of thioether (sulfide) groups is 1. The maximum Gasteiger partial charge on any atom is 0.0934 e. The topological polar surface area (TPSA) is 38.4 Å². The van der Waals surface area contributed by atoms with Crippen molar-refractivity contribution in [2.75, 3.05) is 18.6 Å². The highest BCUT2D eigenvalue weighted by Gasteiger charge is 1.85. The smallest absolute Gasteiger partial charge is 0.0934 e. The van der Waals surface area contributed by atoms with Gasteiger partial charge in [-0.1, -0.05) is 6.92 Å². The zero-order valence-electron chi connectivity index (χ0n) is 6.76. The van der Waals surface area contributed by atoms with Gasteiger partial charge in [-0.3, -0.25) is 4.99 Å². The van der Waals surface area contributed by atoms with Gasteiger partial charge in [0, 0.05) is 13.0 Å². The summed E-state index contributed by atoms with van der Waals surface area (Å²) in [6.07, 6.45) is 4.12. The van der Waals surface area contributed by atoms with E-state index >= 15 is 0 Å². The van der Waals surface area contributed by atoms with E-state index < -0.39 is 0 Å². The third kappa shape index (κ3) is 5.95. The third-order valence-corrected chi connectivity index (χ3v) is 1.88. The second-order valence-corrected chi connectivity index (χ2v) is 3.06. The van der Waals surface area contributed by atoms with Crippen LogP contribution in [0.25, 0.3) is 0 Å². The minimum atomic E-state index is 0.779. The molecule has 2 N–H and O–H groups in total. The number of aliphatic imine (C=N–C) groups is 1. The summed E-state index contributed by atoms with van der Waals surface area (Å²) in [5.41, 5.74) is 5.50. The van der Waals surface area contributed by atoms with Crippen LogP contribution in [0.5, 0.6) is 0 Å². The summed E-state index contributed by atoms with van der Waals surface area (Å²) in [5.74, 6) is 1.96. The van der Waals surface area contributed by atoms with E-state index in [0.717, 1.165) is 25.2 Å². The maximum absolute atomic E-state index is 5.50. The average Bonchev–Trinajstić information content (AvgIpc) is 1.98. The van der Waals surface area contributed by atoms with Crippen molar-refractivity contribution in [1.29, 1.82) is 0 Å². The summed E-state index contributed by atoms with van der Waals surface area (Å²) in [7, 11) is 0. The van der Waals surface area contributed by atoms with Crippen LogP contribution >= 0.6 is 11.8 Å². The number of nitrogens with two attached hydrogens (primary N) is 1. The highest BCUT2D eigenvalue weighted by molar-refractivity contribution is 7.98. The number of nitrogens with zero attached hydrogens (tertiary/aromatic N) is 1. The largest absolute Gasteiger partial charge is 0.387 e. The molecule has 0 radical (unpaired) electrons.